The summed E-state index contributed by atoms with van der Waals surface area (Å²) in [6.07, 6.45) is 2.79. The van der Waals surface area contributed by atoms with E-state index in [0.29, 0.717) is 0 Å². The van der Waals surface area contributed by atoms with Crippen molar-refractivity contribution in [1.29, 1.82) is 0 Å². The summed E-state index contributed by atoms with van der Waals surface area (Å²) in [5, 5.41) is 8.52. The molecule has 0 radical (unpaired) electrons. The second kappa shape index (κ2) is 6.08. The largest absolute Gasteiger partial charge is 0.493 e. The molecule has 1 N–H and O–H groups in total. The average Bonchev–Trinajstić information content (AvgIpc) is 1.91. The van der Waals surface area contributed by atoms with Crippen LogP contribution in [0.2, 0.25) is 0 Å². The summed E-state index contributed by atoms with van der Waals surface area (Å²) in [6, 6.07) is 5.00. The molecule has 0 aromatic carbocycles. The number of hydrogen-bond donors (Lipinski definition) is 1. The van der Waals surface area contributed by atoms with Gasteiger partial charge in [-0.1, -0.05) is 26.3 Å². The van der Waals surface area contributed by atoms with E-state index in [0.717, 1.165) is 0 Å². The van der Waals surface area contributed by atoms with E-state index in [1.165, 1.54) is 18.7 Å². The maximum atomic E-state index is 8.52. The SMILES string of the molecule is CCC.Oc1ccccn1. The van der Waals surface area contributed by atoms with Crippen molar-refractivity contribution in [1.82, 2.24) is 4.98 Å². The first-order valence-corrected chi connectivity index (χ1v) is 3.41. The van der Waals surface area contributed by atoms with Gasteiger partial charge in [0.15, 0.2) is 0 Å². The molecule has 0 bridgehead atoms. The lowest BCUT2D eigenvalue weighted by Gasteiger charge is -1.81. The highest BCUT2D eigenvalue weighted by molar-refractivity contribution is 5.06. The highest BCUT2D eigenvalue weighted by Crippen LogP contribution is 1.96. The van der Waals surface area contributed by atoms with Crippen LogP contribution in [0.3, 0.4) is 0 Å². The lowest BCUT2D eigenvalue weighted by Crippen LogP contribution is -1.66. The third-order valence-electron chi connectivity index (χ3n) is 0.649. The second-order valence-corrected chi connectivity index (χ2v) is 1.90. The Morgan fingerprint density at radius 3 is 2.20 bits per heavy atom. The van der Waals surface area contributed by atoms with Crippen LogP contribution in [0.5, 0.6) is 5.88 Å². The van der Waals surface area contributed by atoms with E-state index in [9.17, 15) is 0 Å². The van der Waals surface area contributed by atoms with Gasteiger partial charge in [0.05, 0.1) is 0 Å². The number of pyridine rings is 1. The number of nitrogens with zero attached hydrogens (tertiary/aromatic N) is 1. The van der Waals surface area contributed by atoms with Crippen LogP contribution < -0.4 is 0 Å². The van der Waals surface area contributed by atoms with E-state index in [4.69, 9.17) is 5.11 Å². The quantitative estimate of drug-likeness (QED) is 0.597. The van der Waals surface area contributed by atoms with Gasteiger partial charge in [-0.15, -0.1) is 0 Å². The molecule has 0 atom stereocenters. The fourth-order valence-corrected chi connectivity index (χ4v) is 0.354. The van der Waals surface area contributed by atoms with Crippen LogP contribution in [0.15, 0.2) is 24.4 Å². The van der Waals surface area contributed by atoms with Crippen molar-refractivity contribution in [2.24, 2.45) is 0 Å². The predicted molar refractivity (Wildman–Crippen MR) is 41.9 cm³/mol. The lowest BCUT2D eigenvalue weighted by atomic mass is 10.5. The molecule has 0 aliphatic rings. The van der Waals surface area contributed by atoms with Gasteiger partial charge in [0.25, 0.3) is 0 Å². The Labute approximate surface area is 61.5 Å². The zero-order valence-corrected chi connectivity index (χ0v) is 6.41. The second-order valence-electron chi connectivity index (χ2n) is 1.90. The molecule has 10 heavy (non-hydrogen) atoms. The first-order valence-electron chi connectivity index (χ1n) is 3.41. The zero-order chi connectivity index (χ0) is 7.82. The first kappa shape index (κ1) is 8.95. The van der Waals surface area contributed by atoms with E-state index in [1.54, 1.807) is 12.1 Å². The van der Waals surface area contributed by atoms with Gasteiger partial charge in [-0.3, -0.25) is 0 Å². The van der Waals surface area contributed by atoms with Crippen LogP contribution in [-0.2, 0) is 0 Å². The number of aromatic nitrogens is 1. The van der Waals surface area contributed by atoms with Gasteiger partial charge in [0.2, 0.25) is 5.88 Å². The van der Waals surface area contributed by atoms with Gasteiger partial charge in [0.1, 0.15) is 0 Å². The number of aromatic hydroxyl groups is 1. The van der Waals surface area contributed by atoms with Gasteiger partial charge >= 0.3 is 0 Å². The average molecular weight is 139 g/mol. The molecule has 2 heteroatoms. The molecule has 1 heterocycles. The van der Waals surface area contributed by atoms with Crippen LogP contribution in [0.1, 0.15) is 20.3 Å². The smallest absolute Gasteiger partial charge is 0.210 e. The Balaban J connectivity index is 0.000000236. The molecule has 1 aromatic rings. The predicted octanol–water partition coefficient (Wildman–Crippen LogP) is 2.20. The molecule has 0 saturated heterocycles. The number of rotatable bonds is 0. The Morgan fingerprint density at radius 2 is 2.00 bits per heavy atom. The van der Waals surface area contributed by atoms with E-state index in [2.05, 4.69) is 18.8 Å². The van der Waals surface area contributed by atoms with Gasteiger partial charge in [-0.2, -0.15) is 0 Å². The summed E-state index contributed by atoms with van der Waals surface area (Å²) in [5.74, 6) is 0.0718. The molecule has 0 aliphatic carbocycles. The standard InChI is InChI=1S/C5H5NO.C3H8/c7-5-3-1-2-4-6-5;1-3-2/h1-4H,(H,6,7);3H2,1-2H3. The zero-order valence-electron chi connectivity index (χ0n) is 6.41. The molecule has 0 amide bonds. The molecule has 56 valence electrons. The van der Waals surface area contributed by atoms with Crippen molar-refractivity contribution < 1.29 is 5.11 Å². The summed E-state index contributed by atoms with van der Waals surface area (Å²) in [7, 11) is 0. The third-order valence-corrected chi connectivity index (χ3v) is 0.649. The fraction of sp³-hybridized carbons (Fsp3) is 0.375. The first-order chi connectivity index (χ1) is 4.81. The topological polar surface area (TPSA) is 33.1 Å². The van der Waals surface area contributed by atoms with Gasteiger partial charge < -0.3 is 5.11 Å². The molecule has 0 saturated carbocycles. The normalized spacial score (nSPS) is 7.80. The van der Waals surface area contributed by atoms with Crippen molar-refractivity contribution in [3.63, 3.8) is 0 Å². The van der Waals surface area contributed by atoms with E-state index in [1.807, 2.05) is 0 Å². The van der Waals surface area contributed by atoms with E-state index < -0.39 is 0 Å². The molecule has 0 unspecified atom stereocenters. The Morgan fingerprint density at radius 1 is 1.40 bits per heavy atom. The Bertz CT molecular complexity index is 151. The monoisotopic (exact) mass is 139 g/mol. The minimum absolute atomic E-state index is 0.0718. The number of hydrogen-bond acceptors (Lipinski definition) is 2. The summed E-state index contributed by atoms with van der Waals surface area (Å²) in [4.78, 5) is 3.53. The van der Waals surface area contributed by atoms with Gasteiger partial charge in [-0.25, -0.2) is 4.98 Å². The van der Waals surface area contributed by atoms with Crippen LogP contribution in [0, 0.1) is 0 Å². The summed E-state index contributed by atoms with van der Waals surface area (Å²) < 4.78 is 0. The Hall–Kier alpha value is -1.05. The molecular weight excluding hydrogens is 126 g/mol. The van der Waals surface area contributed by atoms with Crippen LogP contribution in [0.4, 0.5) is 0 Å². The van der Waals surface area contributed by atoms with Crippen LogP contribution in [0.25, 0.3) is 0 Å². The molecular formula is C8H13NO. The van der Waals surface area contributed by atoms with Crippen LogP contribution in [-0.4, -0.2) is 10.1 Å². The van der Waals surface area contributed by atoms with E-state index >= 15 is 0 Å². The third kappa shape index (κ3) is 5.09. The maximum absolute atomic E-state index is 8.52. The summed E-state index contributed by atoms with van der Waals surface area (Å²) >= 11 is 0. The van der Waals surface area contributed by atoms with Crippen molar-refractivity contribution in [3.05, 3.63) is 24.4 Å². The van der Waals surface area contributed by atoms with Crippen molar-refractivity contribution in [2.75, 3.05) is 0 Å². The maximum Gasteiger partial charge on any atom is 0.210 e. The highest BCUT2D eigenvalue weighted by atomic mass is 16.3. The molecule has 0 spiro atoms. The Kier molecular flexibility index (Phi) is 5.44. The van der Waals surface area contributed by atoms with Crippen molar-refractivity contribution in [3.8, 4) is 5.88 Å². The molecule has 1 aromatic heterocycles. The van der Waals surface area contributed by atoms with Gasteiger partial charge in [0, 0.05) is 12.3 Å². The van der Waals surface area contributed by atoms with Crippen LogP contribution >= 0.6 is 0 Å². The van der Waals surface area contributed by atoms with Gasteiger partial charge in [-0.05, 0) is 6.07 Å². The van der Waals surface area contributed by atoms with Crippen molar-refractivity contribution >= 4 is 0 Å². The summed E-state index contributed by atoms with van der Waals surface area (Å²) in [5.41, 5.74) is 0. The highest BCUT2D eigenvalue weighted by Gasteiger charge is 1.76. The lowest BCUT2D eigenvalue weighted by molar-refractivity contribution is 0.453. The van der Waals surface area contributed by atoms with Crippen molar-refractivity contribution in [2.45, 2.75) is 20.3 Å². The minimum atomic E-state index is 0.0718. The molecule has 1 rings (SSSR count). The minimum Gasteiger partial charge on any atom is -0.493 e. The summed E-state index contributed by atoms with van der Waals surface area (Å²) in [6.45, 7) is 4.25. The molecule has 2 nitrogen and oxygen atoms in total. The van der Waals surface area contributed by atoms with E-state index in [-0.39, 0.29) is 5.88 Å². The molecule has 0 aliphatic heterocycles. The fourth-order valence-electron chi connectivity index (χ4n) is 0.354. The molecule has 0 fully saturated rings.